The van der Waals surface area contributed by atoms with E-state index >= 15 is 0 Å². The van der Waals surface area contributed by atoms with Crippen LogP contribution < -0.4 is 20.1 Å². The number of ether oxygens (including phenoxy) is 3. The molecule has 0 fully saturated rings. The third-order valence-electron chi connectivity index (χ3n) is 4.34. The average Bonchev–Trinajstić information content (AvgIpc) is 2.80. The van der Waals surface area contributed by atoms with Crippen molar-refractivity contribution in [2.45, 2.75) is 58.6 Å². The van der Waals surface area contributed by atoms with Crippen LogP contribution in [0, 0.1) is 0 Å². The van der Waals surface area contributed by atoms with Crippen LogP contribution in [-0.4, -0.2) is 48.9 Å². The van der Waals surface area contributed by atoms with Gasteiger partial charge in [0, 0.05) is 12.7 Å². The molecule has 0 saturated carbocycles. The summed E-state index contributed by atoms with van der Waals surface area (Å²) in [5.74, 6) is 2.52. The highest BCUT2D eigenvalue weighted by Crippen LogP contribution is 2.25. The molecule has 0 aliphatic carbocycles. The highest BCUT2D eigenvalue weighted by molar-refractivity contribution is 5.76. The lowest BCUT2D eigenvalue weighted by Gasteiger charge is -2.25. The first-order chi connectivity index (χ1) is 16.0. The summed E-state index contributed by atoms with van der Waals surface area (Å²) in [4.78, 5) is 21.7. The summed E-state index contributed by atoms with van der Waals surface area (Å²) in [7, 11) is 1.90. The van der Waals surface area contributed by atoms with E-state index in [1.54, 1.807) is 20.8 Å². The molecule has 188 valence electrons. The van der Waals surface area contributed by atoms with Crippen LogP contribution in [0.15, 0.2) is 48.5 Å². The Morgan fingerprint density at radius 2 is 1.50 bits per heavy atom. The van der Waals surface area contributed by atoms with Crippen LogP contribution in [0.3, 0.4) is 0 Å². The lowest BCUT2D eigenvalue weighted by Crippen LogP contribution is -2.51. The molecular weight excluding hydrogens is 436 g/mol. The first-order valence-electron chi connectivity index (χ1n) is 11.3. The van der Waals surface area contributed by atoms with Crippen LogP contribution in [0.5, 0.6) is 17.2 Å². The quantitative estimate of drug-likeness (QED) is 0.322. The van der Waals surface area contributed by atoms with Gasteiger partial charge < -0.3 is 34.7 Å². The van der Waals surface area contributed by atoms with Gasteiger partial charge in [0.1, 0.15) is 34.7 Å². The molecule has 0 spiro atoms. The zero-order valence-corrected chi connectivity index (χ0v) is 21.0. The Kier molecular flexibility index (Phi) is 11.9. The molecule has 3 N–H and O–H groups in total. The number of aliphatic hydroxyl groups excluding tert-OH is 1. The maximum Gasteiger partial charge on any atom is 0.408 e. The van der Waals surface area contributed by atoms with Gasteiger partial charge >= 0.3 is 6.09 Å². The van der Waals surface area contributed by atoms with E-state index in [2.05, 4.69) is 17.6 Å². The number of hydrogen-bond donors (Lipinski definition) is 3. The fourth-order valence-corrected chi connectivity index (χ4v) is 2.41. The van der Waals surface area contributed by atoms with Crippen molar-refractivity contribution in [1.82, 2.24) is 5.32 Å². The number of hydrogen-bond acceptors (Lipinski definition) is 7. The van der Waals surface area contributed by atoms with Gasteiger partial charge in [-0.15, -0.1) is 0 Å². The molecule has 0 aromatic heterocycles. The van der Waals surface area contributed by atoms with E-state index in [-0.39, 0.29) is 0 Å². The van der Waals surface area contributed by atoms with Gasteiger partial charge in [-0.2, -0.15) is 0 Å². The molecule has 1 amide bonds. The maximum atomic E-state index is 11.2. The molecular formula is C26H38N2O6. The molecule has 2 aromatic rings. The normalized spacial score (nSPS) is 12.3. The van der Waals surface area contributed by atoms with Gasteiger partial charge in [-0.1, -0.05) is 13.3 Å². The molecule has 0 radical (unpaired) electrons. The van der Waals surface area contributed by atoms with Crippen molar-refractivity contribution >= 4 is 18.1 Å². The van der Waals surface area contributed by atoms with Gasteiger partial charge in [-0.25, -0.2) is 4.79 Å². The summed E-state index contributed by atoms with van der Waals surface area (Å²) in [6.45, 7) is 9.00. The second kappa shape index (κ2) is 14.1. The van der Waals surface area contributed by atoms with Crippen molar-refractivity contribution in [3.63, 3.8) is 0 Å². The number of nitrogens with one attached hydrogen (secondary N) is 2. The summed E-state index contributed by atoms with van der Waals surface area (Å²) in [5, 5.41) is 14.2. The summed E-state index contributed by atoms with van der Waals surface area (Å²) >= 11 is 0. The van der Waals surface area contributed by atoms with Gasteiger partial charge in [0.05, 0.1) is 13.2 Å². The largest absolute Gasteiger partial charge is 0.494 e. The maximum absolute atomic E-state index is 11.2. The number of alkyl carbamates (subject to hydrolysis) is 1. The van der Waals surface area contributed by atoms with Crippen molar-refractivity contribution in [2.75, 3.05) is 25.6 Å². The zero-order valence-electron chi connectivity index (χ0n) is 21.0. The number of rotatable bonds is 10. The third-order valence-corrected chi connectivity index (χ3v) is 4.34. The van der Waals surface area contributed by atoms with Crippen molar-refractivity contribution < 1.29 is 28.9 Å². The summed E-state index contributed by atoms with van der Waals surface area (Å²) in [5.41, 5.74) is -0.830. The number of anilines is 1. The minimum atomic E-state index is -1.28. The van der Waals surface area contributed by atoms with Crippen LogP contribution in [0.4, 0.5) is 10.5 Å². The molecule has 8 nitrogen and oxygen atoms in total. The van der Waals surface area contributed by atoms with Crippen LogP contribution in [0.1, 0.15) is 47.5 Å². The smallest absolute Gasteiger partial charge is 0.408 e. The zero-order chi connectivity index (χ0) is 25.6. The Morgan fingerprint density at radius 1 is 0.971 bits per heavy atom. The van der Waals surface area contributed by atoms with Crippen LogP contribution in [-0.2, 0) is 9.53 Å². The highest BCUT2D eigenvalue weighted by atomic mass is 16.6. The van der Waals surface area contributed by atoms with Crippen LogP contribution in [0.25, 0.3) is 0 Å². The molecule has 0 aliphatic heterocycles. The third kappa shape index (κ3) is 11.6. The number of aldehydes is 1. The predicted molar refractivity (Wildman–Crippen MR) is 134 cm³/mol. The van der Waals surface area contributed by atoms with E-state index in [1.165, 1.54) is 6.92 Å². The first kappa shape index (κ1) is 28.8. The Labute approximate surface area is 202 Å². The van der Waals surface area contributed by atoms with Gasteiger partial charge in [0.25, 0.3) is 0 Å². The number of amides is 1. The summed E-state index contributed by atoms with van der Waals surface area (Å²) in [6, 6.07) is 15.6. The number of carbonyl (C=O) groups excluding carboxylic acids is 2. The standard InChI is InChI=1S/C17H21NO2.C9H17NO4/c1-3-4-13-19-15-9-11-17(12-10-15)20-16-7-5-14(18-2)6-8-16;1-8(2,3)14-7(13)10-9(4,5-11)6-12/h5-12,18H,3-4,13H2,1-2H3;5,12H,6H2,1-4H3,(H,10,13)/t;9-/m.1/s1. The lowest BCUT2D eigenvalue weighted by molar-refractivity contribution is -0.114. The van der Waals surface area contributed by atoms with Crippen molar-refractivity contribution in [3.05, 3.63) is 48.5 Å². The van der Waals surface area contributed by atoms with E-state index < -0.39 is 23.8 Å². The molecule has 0 aliphatic rings. The fraction of sp³-hybridized carbons (Fsp3) is 0.462. The SMILES string of the molecule is CC(C)(C)OC(=O)N[C@](C)(C=O)CO.CCCCOc1ccc(Oc2ccc(NC)cc2)cc1. The Morgan fingerprint density at radius 3 is 1.94 bits per heavy atom. The Hall–Kier alpha value is -3.26. The molecule has 1 atom stereocenters. The summed E-state index contributed by atoms with van der Waals surface area (Å²) in [6.07, 6.45) is 1.97. The average molecular weight is 475 g/mol. The topological polar surface area (TPSA) is 106 Å². The molecule has 34 heavy (non-hydrogen) atoms. The van der Waals surface area contributed by atoms with E-state index in [9.17, 15) is 9.59 Å². The number of benzene rings is 2. The monoisotopic (exact) mass is 474 g/mol. The van der Waals surface area contributed by atoms with Crippen molar-refractivity contribution in [2.24, 2.45) is 0 Å². The van der Waals surface area contributed by atoms with Gasteiger partial charge in [-0.05, 0) is 82.6 Å². The van der Waals surface area contributed by atoms with Gasteiger partial charge in [0.15, 0.2) is 0 Å². The fourth-order valence-electron chi connectivity index (χ4n) is 2.41. The molecule has 2 rings (SSSR count). The van der Waals surface area contributed by atoms with Gasteiger partial charge in [0.2, 0.25) is 0 Å². The van der Waals surface area contributed by atoms with Gasteiger partial charge in [-0.3, -0.25) is 0 Å². The first-order valence-corrected chi connectivity index (χ1v) is 11.3. The van der Waals surface area contributed by atoms with Crippen molar-refractivity contribution in [3.8, 4) is 17.2 Å². The Bertz CT molecular complexity index is 862. The molecule has 2 aromatic carbocycles. The number of carbonyl (C=O) groups is 2. The van der Waals surface area contributed by atoms with E-state index in [0.29, 0.717) is 6.29 Å². The molecule has 8 heteroatoms. The second-order valence-corrected chi connectivity index (χ2v) is 8.87. The van der Waals surface area contributed by atoms with E-state index in [4.69, 9.17) is 19.3 Å². The summed E-state index contributed by atoms with van der Waals surface area (Å²) < 4.78 is 16.3. The highest BCUT2D eigenvalue weighted by Gasteiger charge is 2.27. The van der Waals surface area contributed by atoms with Crippen LogP contribution >= 0.6 is 0 Å². The molecule has 0 heterocycles. The predicted octanol–water partition coefficient (Wildman–Crippen LogP) is 5.16. The molecule has 0 saturated heterocycles. The van der Waals surface area contributed by atoms with E-state index in [0.717, 1.165) is 42.4 Å². The van der Waals surface area contributed by atoms with Crippen LogP contribution in [0.2, 0.25) is 0 Å². The Balaban J connectivity index is 0.000000365. The minimum absolute atomic E-state index is 0.463. The van der Waals surface area contributed by atoms with E-state index in [1.807, 2.05) is 55.6 Å². The minimum Gasteiger partial charge on any atom is -0.494 e. The molecule has 0 unspecified atom stereocenters. The molecule has 0 bridgehead atoms. The number of aliphatic hydroxyl groups is 1. The second-order valence-electron chi connectivity index (χ2n) is 8.87. The number of unbranched alkanes of at least 4 members (excludes halogenated alkanes) is 1. The lowest BCUT2D eigenvalue weighted by atomic mass is 10.1. The van der Waals surface area contributed by atoms with Crippen molar-refractivity contribution in [1.29, 1.82) is 0 Å².